The highest BCUT2D eigenvalue weighted by atomic mass is 16.5. The molecule has 0 aliphatic heterocycles. The third-order valence-corrected chi connectivity index (χ3v) is 5.08. The molecule has 1 heterocycles. The Morgan fingerprint density at radius 1 is 1.13 bits per heavy atom. The van der Waals surface area contributed by atoms with Gasteiger partial charge in [-0.15, -0.1) is 0 Å². The van der Waals surface area contributed by atoms with Crippen molar-refractivity contribution in [3.63, 3.8) is 0 Å². The molecule has 9 nitrogen and oxygen atoms in total. The smallest absolute Gasteiger partial charge is 0.316 e. The quantitative estimate of drug-likeness (QED) is 0.424. The van der Waals surface area contributed by atoms with Crippen LogP contribution in [-0.2, 0) is 11.3 Å². The number of aryl methyl sites for hydroxylation is 2. The normalized spacial score (nSPS) is 11.7. The van der Waals surface area contributed by atoms with Gasteiger partial charge in [-0.25, -0.2) is 0 Å². The number of hydrogen-bond acceptors (Lipinski definition) is 5. The number of benzene rings is 2. The number of carbonyl (C=O) groups excluding carboxylic acids is 2. The molecule has 31 heavy (non-hydrogen) atoms. The van der Waals surface area contributed by atoms with Crippen molar-refractivity contribution < 1.29 is 14.3 Å². The number of rotatable bonds is 5. The van der Waals surface area contributed by atoms with Crippen LogP contribution in [0.1, 0.15) is 35.3 Å². The summed E-state index contributed by atoms with van der Waals surface area (Å²) in [5.41, 5.74) is 6.27. The van der Waals surface area contributed by atoms with Crippen LogP contribution in [-0.4, -0.2) is 27.5 Å². The molecule has 1 aromatic heterocycles. The summed E-state index contributed by atoms with van der Waals surface area (Å²) in [7, 11) is 0. The fourth-order valence-electron chi connectivity index (χ4n) is 3.12. The van der Waals surface area contributed by atoms with Crippen LogP contribution in [0.3, 0.4) is 0 Å². The Morgan fingerprint density at radius 2 is 1.87 bits per heavy atom. The number of nitrogens with one attached hydrogen (secondary N) is 3. The number of amides is 2. The van der Waals surface area contributed by atoms with Crippen LogP contribution in [0.25, 0.3) is 11.0 Å². The van der Waals surface area contributed by atoms with Gasteiger partial charge in [0.15, 0.2) is 6.10 Å². The van der Waals surface area contributed by atoms with Crippen molar-refractivity contribution in [3.8, 4) is 5.75 Å². The monoisotopic (exact) mass is 424 g/mol. The molecule has 3 N–H and O–H groups in total. The van der Waals surface area contributed by atoms with Crippen LogP contribution in [0, 0.1) is 13.8 Å². The van der Waals surface area contributed by atoms with E-state index in [4.69, 9.17) is 4.74 Å². The molecule has 0 saturated heterocycles. The summed E-state index contributed by atoms with van der Waals surface area (Å²) < 4.78 is 7.02. The maximum Gasteiger partial charge on any atom is 0.316 e. The molecule has 2 aromatic carbocycles. The predicted molar refractivity (Wildman–Crippen MR) is 116 cm³/mol. The Bertz CT molecular complexity index is 1280. The number of ether oxygens (including phenoxy) is 1. The van der Waals surface area contributed by atoms with Crippen molar-refractivity contribution in [1.29, 1.82) is 0 Å². The minimum Gasteiger partial charge on any atom is -0.481 e. The second kappa shape index (κ2) is 8.86. The topological polar surface area (TPSA) is 122 Å². The van der Waals surface area contributed by atoms with Gasteiger partial charge in [-0.05, 0) is 63.1 Å². The first-order valence-corrected chi connectivity index (χ1v) is 9.82. The number of nitrogens with zero attached hydrogens (tertiary/aromatic N) is 1. The minimum absolute atomic E-state index is 0.202. The maximum atomic E-state index is 12.5. The van der Waals surface area contributed by atoms with Crippen molar-refractivity contribution in [2.45, 2.75) is 40.3 Å². The number of H-pyrrole nitrogens is 1. The summed E-state index contributed by atoms with van der Waals surface area (Å²) in [6.07, 6.45) is -0.840. The van der Waals surface area contributed by atoms with E-state index in [9.17, 15) is 19.2 Å². The van der Waals surface area contributed by atoms with Crippen LogP contribution in [0.15, 0.2) is 46.0 Å². The van der Waals surface area contributed by atoms with Gasteiger partial charge in [-0.3, -0.25) is 30.0 Å². The van der Waals surface area contributed by atoms with E-state index >= 15 is 0 Å². The van der Waals surface area contributed by atoms with Gasteiger partial charge in [0.1, 0.15) is 5.75 Å². The molecular weight excluding hydrogens is 400 g/mol. The molecular formula is C22H24N4O5. The summed E-state index contributed by atoms with van der Waals surface area (Å²) >= 11 is 0. The van der Waals surface area contributed by atoms with Gasteiger partial charge < -0.3 is 14.3 Å². The summed E-state index contributed by atoms with van der Waals surface area (Å²) in [5.74, 6) is -0.512. The van der Waals surface area contributed by atoms with Gasteiger partial charge in [0.05, 0.1) is 11.0 Å². The Hall–Kier alpha value is -3.88. The zero-order valence-corrected chi connectivity index (χ0v) is 17.7. The lowest BCUT2D eigenvalue weighted by Crippen LogP contribution is -2.47. The van der Waals surface area contributed by atoms with Crippen molar-refractivity contribution in [2.24, 2.45) is 0 Å². The molecule has 0 unspecified atom stereocenters. The van der Waals surface area contributed by atoms with Crippen molar-refractivity contribution in [3.05, 3.63) is 73.8 Å². The number of aromatic amines is 1. The van der Waals surface area contributed by atoms with Crippen molar-refractivity contribution in [1.82, 2.24) is 20.4 Å². The van der Waals surface area contributed by atoms with Gasteiger partial charge in [0.25, 0.3) is 11.8 Å². The molecule has 3 rings (SSSR count). The lowest BCUT2D eigenvalue weighted by Gasteiger charge is -2.17. The number of aromatic nitrogens is 2. The molecule has 0 fully saturated rings. The van der Waals surface area contributed by atoms with Gasteiger partial charge >= 0.3 is 11.1 Å². The fraction of sp³-hybridized carbons (Fsp3) is 0.273. The highest BCUT2D eigenvalue weighted by molar-refractivity contribution is 5.98. The third kappa shape index (κ3) is 4.50. The van der Waals surface area contributed by atoms with Crippen molar-refractivity contribution in [2.75, 3.05) is 0 Å². The first kappa shape index (κ1) is 21.8. The fourth-order valence-corrected chi connectivity index (χ4v) is 3.12. The van der Waals surface area contributed by atoms with E-state index in [0.717, 1.165) is 11.1 Å². The maximum absolute atomic E-state index is 12.5. The van der Waals surface area contributed by atoms with E-state index in [2.05, 4.69) is 15.8 Å². The zero-order chi connectivity index (χ0) is 22.7. The number of fused-ring (bicyclic) bond motifs is 1. The van der Waals surface area contributed by atoms with Gasteiger partial charge in [-0.1, -0.05) is 12.1 Å². The van der Waals surface area contributed by atoms with E-state index in [0.29, 0.717) is 23.3 Å². The number of carbonyl (C=O) groups is 2. The summed E-state index contributed by atoms with van der Waals surface area (Å²) in [5, 5.41) is 0. The molecule has 162 valence electrons. The third-order valence-electron chi connectivity index (χ3n) is 5.08. The molecule has 2 amide bonds. The van der Waals surface area contributed by atoms with Crippen LogP contribution < -0.4 is 26.7 Å². The molecule has 0 aliphatic carbocycles. The van der Waals surface area contributed by atoms with Gasteiger partial charge in [0, 0.05) is 12.1 Å². The summed E-state index contributed by atoms with van der Waals surface area (Å²) in [6, 6.07) is 10.1. The van der Waals surface area contributed by atoms with E-state index in [-0.39, 0.29) is 5.56 Å². The Labute approximate surface area is 178 Å². The first-order valence-electron chi connectivity index (χ1n) is 9.82. The molecule has 0 spiro atoms. The molecule has 9 heteroatoms. The summed E-state index contributed by atoms with van der Waals surface area (Å²) in [6.45, 7) is 7.49. The van der Waals surface area contributed by atoms with E-state index in [1.54, 1.807) is 26.0 Å². The van der Waals surface area contributed by atoms with Crippen LogP contribution in [0.4, 0.5) is 0 Å². The van der Waals surface area contributed by atoms with E-state index in [1.807, 2.05) is 26.0 Å². The second-order valence-corrected chi connectivity index (χ2v) is 7.14. The standard InChI is InChI=1S/C22H24N4O5/c1-5-26-17-10-9-15(11-16(17)23-21(29)22(26)30)20(28)25-24-19(27)14(4)31-18-8-6-7-12(2)13(18)3/h6-11,14H,5H2,1-4H3,(H,23,29)(H,24,27)(H,25,28)/t14-/m0/s1. The Kier molecular flexibility index (Phi) is 6.24. The molecule has 0 aliphatic rings. The van der Waals surface area contributed by atoms with Crippen molar-refractivity contribution >= 4 is 22.8 Å². The van der Waals surface area contributed by atoms with Gasteiger partial charge in [-0.2, -0.15) is 0 Å². The number of hydrazine groups is 1. The molecule has 0 saturated carbocycles. The largest absolute Gasteiger partial charge is 0.481 e. The minimum atomic E-state index is -0.840. The SMILES string of the molecule is CCn1c(=O)c(=O)[nH]c2cc(C(=O)NNC(=O)[C@H](C)Oc3cccc(C)c3C)ccc21. The van der Waals surface area contributed by atoms with Crippen LogP contribution in [0.5, 0.6) is 5.75 Å². The lowest BCUT2D eigenvalue weighted by molar-refractivity contribution is -0.128. The Morgan fingerprint density at radius 3 is 2.58 bits per heavy atom. The lowest BCUT2D eigenvalue weighted by atomic mass is 10.1. The average molecular weight is 424 g/mol. The molecule has 1 atom stereocenters. The first-order chi connectivity index (χ1) is 14.7. The molecule has 3 aromatic rings. The van der Waals surface area contributed by atoms with Crippen LogP contribution >= 0.6 is 0 Å². The predicted octanol–water partition coefficient (Wildman–Crippen LogP) is 1.56. The second-order valence-electron chi connectivity index (χ2n) is 7.14. The van der Waals surface area contributed by atoms with Crippen LogP contribution in [0.2, 0.25) is 0 Å². The van der Waals surface area contributed by atoms with Gasteiger partial charge in [0.2, 0.25) is 0 Å². The highest BCUT2D eigenvalue weighted by Gasteiger charge is 2.17. The highest BCUT2D eigenvalue weighted by Crippen LogP contribution is 2.21. The van der Waals surface area contributed by atoms with E-state index in [1.165, 1.54) is 16.7 Å². The molecule has 0 bridgehead atoms. The average Bonchev–Trinajstić information content (AvgIpc) is 2.75. The molecule has 0 radical (unpaired) electrons. The Balaban J connectivity index is 1.70. The zero-order valence-electron chi connectivity index (χ0n) is 17.7. The summed E-state index contributed by atoms with van der Waals surface area (Å²) in [4.78, 5) is 51.0. The van der Waals surface area contributed by atoms with E-state index < -0.39 is 29.0 Å². The number of hydrogen-bond donors (Lipinski definition) is 3.